The summed E-state index contributed by atoms with van der Waals surface area (Å²) < 4.78 is 6.12. The second-order valence-corrected chi connectivity index (χ2v) is 7.66. The molecule has 0 unspecified atom stereocenters. The highest BCUT2D eigenvalue weighted by Crippen LogP contribution is 2.35. The van der Waals surface area contributed by atoms with Crippen molar-refractivity contribution in [2.75, 3.05) is 6.54 Å². The first-order valence-corrected chi connectivity index (χ1v) is 9.53. The predicted molar refractivity (Wildman–Crippen MR) is 105 cm³/mol. The molecule has 10 heteroatoms. The van der Waals surface area contributed by atoms with Gasteiger partial charge in [-0.25, -0.2) is 0 Å². The predicted octanol–water partition coefficient (Wildman–Crippen LogP) is 3.80. The Morgan fingerprint density at radius 2 is 1.90 bits per heavy atom. The van der Waals surface area contributed by atoms with Crippen LogP contribution in [0.1, 0.15) is 25.6 Å². The van der Waals surface area contributed by atoms with Crippen LogP contribution in [0.4, 0.5) is 5.69 Å². The topological polar surface area (TPSA) is 107 Å². The minimum absolute atomic E-state index is 0.107. The number of amides is 2. The summed E-state index contributed by atoms with van der Waals surface area (Å²) in [6.07, 6.45) is 0. The zero-order chi connectivity index (χ0) is 20.7. The number of halogens is 1. The van der Waals surface area contributed by atoms with Crippen molar-refractivity contribution in [1.82, 2.24) is 4.90 Å². The van der Waals surface area contributed by atoms with Crippen molar-refractivity contribution >= 4 is 56.5 Å². The fourth-order valence-corrected chi connectivity index (χ4v) is 4.49. The minimum atomic E-state index is -0.894. The first-order valence-electron chi connectivity index (χ1n) is 8.33. The Hall–Kier alpha value is -3.30. The molecule has 0 saturated heterocycles. The Balaban J connectivity index is 1.48. The van der Waals surface area contributed by atoms with Crippen molar-refractivity contribution in [2.24, 2.45) is 0 Å². The van der Waals surface area contributed by atoms with Gasteiger partial charge in [-0.05, 0) is 12.1 Å². The number of thiophene rings is 1. The van der Waals surface area contributed by atoms with Gasteiger partial charge in [-0.1, -0.05) is 35.9 Å². The quantitative estimate of drug-likeness (QED) is 0.264. The smallest absolute Gasteiger partial charge is 0.326 e. The van der Waals surface area contributed by atoms with Crippen LogP contribution in [0.25, 0.3) is 10.1 Å². The molecule has 0 aliphatic carbocycles. The summed E-state index contributed by atoms with van der Waals surface area (Å²) in [5.41, 5.74) is -0.902. The lowest BCUT2D eigenvalue weighted by molar-refractivity contribution is -0.385. The molecule has 2 heterocycles. The molecule has 29 heavy (non-hydrogen) atoms. The van der Waals surface area contributed by atoms with E-state index in [1.165, 1.54) is 23.5 Å². The van der Waals surface area contributed by atoms with Crippen LogP contribution in [0.15, 0.2) is 42.5 Å². The third kappa shape index (κ3) is 3.24. The lowest BCUT2D eigenvalue weighted by atomic mass is 10.1. The second-order valence-electron chi connectivity index (χ2n) is 6.15. The highest BCUT2D eigenvalue weighted by Gasteiger charge is 2.41. The molecule has 1 aliphatic heterocycles. The average molecular weight is 431 g/mol. The summed E-state index contributed by atoms with van der Waals surface area (Å²) in [6, 6.07) is 11.2. The number of rotatable bonds is 5. The summed E-state index contributed by atoms with van der Waals surface area (Å²) in [5, 5.41) is 12.5. The molecule has 0 bridgehead atoms. The number of carbonyl (C=O) groups is 3. The maximum Gasteiger partial charge on any atom is 0.326 e. The monoisotopic (exact) mass is 430 g/mol. The van der Waals surface area contributed by atoms with Crippen LogP contribution in [0.5, 0.6) is 0 Å². The number of hydrogen-bond acceptors (Lipinski definition) is 7. The number of nitrogens with zero attached hydrogens (tertiary/aromatic N) is 2. The van der Waals surface area contributed by atoms with E-state index in [2.05, 4.69) is 0 Å². The minimum Gasteiger partial charge on any atom is -0.459 e. The molecule has 0 fully saturated rings. The lowest BCUT2D eigenvalue weighted by Gasteiger charge is -2.12. The highest BCUT2D eigenvalue weighted by atomic mass is 35.5. The van der Waals surface area contributed by atoms with Crippen molar-refractivity contribution in [3.8, 4) is 0 Å². The summed E-state index contributed by atoms with van der Waals surface area (Å²) in [5.74, 6) is -2.49. The zero-order valence-corrected chi connectivity index (χ0v) is 16.2. The van der Waals surface area contributed by atoms with Crippen LogP contribution in [0, 0.1) is 10.1 Å². The molecule has 2 amide bonds. The largest absolute Gasteiger partial charge is 0.459 e. The number of hydrogen-bond donors (Lipinski definition) is 0. The SMILES string of the molecule is O=C(CN1C(=O)c2cccc([N+](=O)[O-])c2C1=O)OCc1sc2ccccc2c1Cl. The highest BCUT2D eigenvalue weighted by molar-refractivity contribution is 7.19. The standard InChI is InChI=1S/C19H11ClN2O6S/c20-17-10-4-1-2-7-13(10)29-14(17)9-28-15(23)8-21-18(24)11-5-3-6-12(22(26)27)16(11)19(21)25/h1-7H,8-9H2. The van der Waals surface area contributed by atoms with Crippen molar-refractivity contribution in [2.45, 2.75) is 6.61 Å². The van der Waals surface area contributed by atoms with E-state index in [-0.39, 0.29) is 17.7 Å². The number of carbonyl (C=O) groups excluding carboxylic acids is 3. The molecule has 0 atom stereocenters. The molecule has 2 aromatic carbocycles. The number of benzene rings is 2. The first-order chi connectivity index (χ1) is 13.9. The van der Waals surface area contributed by atoms with Crippen LogP contribution < -0.4 is 0 Å². The summed E-state index contributed by atoms with van der Waals surface area (Å²) >= 11 is 7.67. The molecule has 0 radical (unpaired) electrons. The fraction of sp³-hybridized carbons (Fsp3) is 0.105. The van der Waals surface area contributed by atoms with Gasteiger partial charge in [-0.2, -0.15) is 0 Å². The van der Waals surface area contributed by atoms with E-state index in [4.69, 9.17) is 16.3 Å². The van der Waals surface area contributed by atoms with E-state index < -0.39 is 34.9 Å². The van der Waals surface area contributed by atoms with E-state index in [1.54, 1.807) is 0 Å². The van der Waals surface area contributed by atoms with Crippen LogP contribution in [0.3, 0.4) is 0 Å². The Morgan fingerprint density at radius 3 is 2.62 bits per heavy atom. The van der Waals surface area contributed by atoms with Gasteiger partial charge in [0.15, 0.2) is 0 Å². The molecule has 1 aromatic heterocycles. The number of nitro groups is 1. The zero-order valence-electron chi connectivity index (χ0n) is 14.6. The molecule has 0 saturated carbocycles. The molecule has 1 aliphatic rings. The Labute approximate surface area is 172 Å². The Kier molecular flexibility index (Phi) is 4.77. The third-order valence-electron chi connectivity index (χ3n) is 4.43. The third-order valence-corrected chi connectivity index (χ3v) is 6.11. The molecular formula is C19H11ClN2O6S. The summed E-state index contributed by atoms with van der Waals surface area (Å²) in [6.45, 7) is -0.758. The molecule has 4 rings (SSSR count). The number of fused-ring (bicyclic) bond motifs is 2. The molecule has 3 aromatic rings. The number of ether oxygens (including phenoxy) is 1. The van der Waals surface area contributed by atoms with Crippen LogP contribution >= 0.6 is 22.9 Å². The first kappa shape index (κ1) is 19.0. The van der Waals surface area contributed by atoms with Gasteiger partial charge in [0.05, 0.1) is 20.4 Å². The van der Waals surface area contributed by atoms with Crippen molar-refractivity contribution < 1.29 is 24.0 Å². The molecular weight excluding hydrogens is 420 g/mol. The second kappa shape index (κ2) is 7.26. The summed E-state index contributed by atoms with van der Waals surface area (Å²) in [4.78, 5) is 48.8. The van der Waals surface area contributed by atoms with Crippen LogP contribution in [-0.2, 0) is 16.1 Å². The van der Waals surface area contributed by atoms with Gasteiger partial charge < -0.3 is 4.74 Å². The number of esters is 1. The van der Waals surface area contributed by atoms with E-state index in [9.17, 15) is 24.5 Å². The average Bonchev–Trinajstić information content (AvgIpc) is 3.16. The van der Waals surface area contributed by atoms with Gasteiger partial charge in [-0.3, -0.25) is 29.4 Å². The molecule has 0 spiro atoms. The van der Waals surface area contributed by atoms with E-state index in [0.29, 0.717) is 14.8 Å². The van der Waals surface area contributed by atoms with E-state index in [0.717, 1.165) is 16.2 Å². The van der Waals surface area contributed by atoms with E-state index in [1.807, 2.05) is 24.3 Å². The van der Waals surface area contributed by atoms with Crippen LogP contribution in [0.2, 0.25) is 5.02 Å². The number of imide groups is 1. The fourth-order valence-electron chi connectivity index (χ4n) is 3.09. The van der Waals surface area contributed by atoms with Gasteiger partial charge in [0.2, 0.25) is 0 Å². The molecule has 0 N–H and O–H groups in total. The van der Waals surface area contributed by atoms with Gasteiger partial charge in [0, 0.05) is 16.2 Å². The lowest BCUT2D eigenvalue weighted by Crippen LogP contribution is -2.35. The maximum atomic E-state index is 12.5. The Morgan fingerprint density at radius 1 is 1.14 bits per heavy atom. The van der Waals surface area contributed by atoms with Gasteiger partial charge in [0.1, 0.15) is 18.7 Å². The Bertz CT molecular complexity index is 1200. The van der Waals surface area contributed by atoms with Gasteiger partial charge >= 0.3 is 5.97 Å². The van der Waals surface area contributed by atoms with Gasteiger partial charge in [0.25, 0.3) is 17.5 Å². The normalized spacial score (nSPS) is 13.1. The van der Waals surface area contributed by atoms with Crippen molar-refractivity contribution in [3.63, 3.8) is 0 Å². The number of nitro benzene ring substituents is 1. The molecule has 146 valence electrons. The molecule has 8 nitrogen and oxygen atoms in total. The van der Waals surface area contributed by atoms with Crippen molar-refractivity contribution in [3.05, 3.63) is 73.6 Å². The van der Waals surface area contributed by atoms with Crippen LogP contribution in [-0.4, -0.2) is 34.2 Å². The summed E-state index contributed by atoms with van der Waals surface area (Å²) in [7, 11) is 0. The maximum absolute atomic E-state index is 12.5. The van der Waals surface area contributed by atoms with E-state index >= 15 is 0 Å². The van der Waals surface area contributed by atoms with Gasteiger partial charge in [-0.15, -0.1) is 11.3 Å². The van der Waals surface area contributed by atoms with Crippen molar-refractivity contribution in [1.29, 1.82) is 0 Å².